The van der Waals surface area contributed by atoms with Gasteiger partial charge in [0.05, 0.1) is 28.2 Å². The van der Waals surface area contributed by atoms with E-state index in [2.05, 4.69) is 15.3 Å². The van der Waals surface area contributed by atoms with Gasteiger partial charge < -0.3 is 24.4 Å². The van der Waals surface area contributed by atoms with Gasteiger partial charge in [0.2, 0.25) is 0 Å². The van der Waals surface area contributed by atoms with Crippen molar-refractivity contribution >= 4 is 45.1 Å². The summed E-state index contributed by atoms with van der Waals surface area (Å²) >= 11 is 0. The van der Waals surface area contributed by atoms with Gasteiger partial charge in [-0.2, -0.15) is 20.3 Å². The van der Waals surface area contributed by atoms with Crippen LogP contribution in [0.25, 0.3) is 0 Å². The number of benzene rings is 2. The van der Waals surface area contributed by atoms with E-state index in [1.807, 2.05) is 0 Å². The van der Waals surface area contributed by atoms with Crippen molar-refractivity contribution in [2.24, 2.45) is 15.3 Å². The Morgan fingerprint density at radius 1 is 0.967 bits per heavy atom. The van der Waals surface area contributed by atoms with Crippen LogP contribution in [0.4, 0.5) is 11.4 Å². The lowest BCUT2D eigenvalue weighted by atomic mass is 10.1. The highest BCUT2D eigenvalue weighted by Gasteiger charge is 2.37. The maximum atomic E-state index is 12.6. The summed E-state index contributed by atoms with van der Waals surface area (Å²) in [7, 11) is -4.65. The van der Waals surface area contributed by atoms with Gasteiger partial charge >= 0.3 is 0 Å². The molecule has 1 atom stereocenters. The number of nitrogens with zero attached hydrogens (tertiary/aromatic N) is 4. The number of carboxylic acids is 2. The summed E-state index contributed by atoms with van der Waals surface area (Å²) in [6.45, 7) is 0. The number of hydrogen-bond acceptors (Lipinski definition) is 11. The third-order valence-electron chi connectivity index (χ3n) is 3.88. The van der Waals surface area contributed by atoms with Crippen LogP contribution in [0.5, 0.6) is 0 Å². The molecule has 0 saturated carbocycles. The van der Waals surface area contributed by atoms with Crippen molar-refractivity contribution in [3.8, 4) is 0 Å². The predicted molar refractivity (Wildman–Crippen MR) is 93.4 cm³/mol. The summed E-state index contributed by atoms with van der Waals surface area (Å²) in [5.74, 6) is -4.09. The van der Waals surface area contributed by atoms with Gasteiger partial charge in [0.15, 0.2) is 6.04 Å². The number of rotatable bonds is 6. The summed E-state index contributed by atoms with van der Waals surface area (Å²) in [6, 6.07) is 7.32. The monoisotopic (exact) mass is 429 g/mol. The Kier molecular flexibility index (Phi) is 5.40. The van der Waals surface area contributed by atoms with E-state index in [4.69, 9.17) is 0 Å². The first-order chi connectivity index (χ1) is 14.1. The van der Waals surface area contributed by atoms with Gasteiger partial charge in [-0.3, -0.25) is 4.79 Å². The van der Waals surface area contributed by atoms with Crippen LogP contribution in [0, 0.1) is 0 Å². The van der Waals surface area contributed by atoms with Gasteiger partial charge in [-0.15, -0.1) is 0 Å². The van der Waals surface area contributed by atoms with Crippen LogP contribution >= 0.6 is 0 Å². The molecule has 1 aliphatic heterocycles. The highest BCUT2D eigenvalue weighted by atomic mass is 32.2. The Balaban J connectivity index is 1.87. The molecule has 0 spiro atoms. The molecule has 0 aromatic heterocycles. The van der Waals surface area contributed by atoms with Crippen molar-refractivity contribution in [2.75, 3.05) is 5.01 Å². The highest BCUT2D eigenvalue weighted by molar-refractivity contribution is 7.85. The Morgan fingerprint density at radius 3 is 2.07 bits per heavy atom. The van der Waals surface area contributed by atoms with Crippen molar-refractivity contribution in [3.05, 3.63) is 54.1 Å². The zero-order chi connectivity index (χ0) is 22.1. The summed E-state index contributed by atoms with van der Waals surface area (Å²) in [6.07, 6.45) is 0. The lowest BCUT2D eigenvalue weighted by molar-refractivity contribution is -0.294. The van der Waals surface area contributed by atoms with Crippen LogP contribution in [-0.2, 0) is 19.7 Å². The summed E-state index contributed by atoms with van der Waals surface area (Å²) in [4.78, 5) is 34.2. The molecule has 1 heterocycles. The lowest BCUT2D eigenvalue weighted by Crippen LogP contribution is -2.39. The van der Waals surface area contributed by atoms with Crippen LogP contribution in [0.2, 0.25) is 0 Å². The number of azo groups is 1. The molecule has 13 heteroatoms. The van der Waals surface area contributed by atoms with E-state index in [0.29, 0.717) is 5.01 Å². The number of hydrazone groups is 1. The third-order valence-corrected chi connectivity index (χ3v) is 4.73. The molecule has 1 amide bonds. The summed E-state index contributed by atoms with van der Waals surface area (Å²) in [5, 5.41) is 33.8. The zero-order valence-electron chi connectivity index (χ0n) is 14.7. The molecule has 0 bridgehead atoms. The quantitative estimate of drug-likeness (QED) is 0.393. The Hall–Kier alpha value is -3.97. The fraction of sp³-hybridized carbons (Fsp3) is 0.0588. The van der Waals surface area contributed by atoms with Gasteiger partial charge in [0.1, 0.15) is 15.8 Å². The minimum atomic E-state index is -4.65. The van der Waals surface area contributed by atoms with E-state index < -0.39 is 44.6 Å². The van der Waals surface area contributed by atoms with E-state index in [1.54, 1.807) is 0 Å². The van der Waals surface area contributed by atoms with Crippen LogP contribution in [0.15, 0.2) is 68.8 Å². The Morgan fingerprint density at radius 2 is 1.57 bits per heavy atom. The standard InChI is InChI=1S/C17H12N4O8S/c22-15-13(19-18-10-3-7-12(8-4-10)30(27,28)29)14(17(25)26)20-21(15)11-5-1-9(2-6-11)16(23)24/h1-8,13H,(H,23,24)(H,25,26)(H,27,28,29)/p-3. The molecule has 154 valence electrons. The van der Waals surface area contributed by atoms with Crippen molar-refractivity contribution in [1.29, 1.82) is 0 Å². The minimum Gasteiger partial charge on any atom is -0.744 e. The van der Waals surface area contributed by atoms with Gasteiger partial charge in [0, 0.05) is 0 Å². The average molecular weight is 429 g/mol. The van der Waals surface area contributed by atoms with Gasteiger partial charge in [-0.1, -0.05) is 12.1 Å². The summed E-state index contributed by atoms with van der Waals surface area (Å²) in [5.41, 5.74) is -0.767. The number of aromatic carboxylic acids is 1. The van der Waals surface area contributed by atoms with E-state index in [-0.39, 0.29) is 16.9 Å². The Labute approximate surface area is 168 Å². The number of amides is 1. The second-order valence-corrected chi connectivity index (χ2v) is 7.20. The van der Waals surface area contributed by atoms with Crippen molar-refractivity contribution in [3.63, 3.8) is 0 Å². The maximum absolute atomic E-state index is 12.6. The largest absolute Gasteiger partial charge is 0.744 e. The van der Waals surface area contributed by atoms with Gasteiger partial charge in [0.25, 0.3) is 5.91 Å². The summed E-state index contributed by atoms with van der Waals surface area (Å²) < 4.78 is 32.8. The van der Waals surface area contributed by atoms with Crippen LogP contribution in [-0.4, -0.2) is 42.6 Å². The van der Waals surface area contributed by atoms with E-state index >= 15 is 0 Å². The molecule has 3 rings (SSSR count). The van der Waals surface area contributed by atoms with Crippen molar-refractivity contribution < 1.29 is 37.6 Å². The second-order valence-electron chi connectivity index (χ2n) is 5.82. The van der Waals surface area contributed by atoms with Crippen molar-refractivity contribution in [2.45, 2.75) is 10.9 Å². The minimum absolute atomic E-state index is 0.0460. The first-order valence-corrected chi connectivity index (χ1v) is 9.41. The average Bonchev–Trinajstić information content (AvgIpc) is 3.02. The van der Waals surface area contributed by atoms with E-state index in [0.717, 1.165) is 36.4 Å². The number of hydrogen-bond donors (Lipinski definition) is 0. The molecule has 2 aromatic carbocycles. The molecule has 0 aliphatic carbocycles. The molecule has 1 aliphatic rings. The Bertz CT molecular complexity index is 1190. The molecule has 0 N–H and O–H groups in total. The fourth-order valence-electron chi connectivity index (χ4n) is 2.43. The number of carboxylic acid groups (broad SMARTS) is 2. The molecule has 30 heavy (non-hydrogen) atoms. The number of anilines is 1. The maximum Gasteiger partial charge on any atom is 0.280 e. The number of aliphatic carboxylic acids is 1. The molecule has 2 aromatic rings. The molecule has 1 unspecified atom stereocenters. The topological polar surface area (TPSA) is 195 Å². The van der Waals surface area contributed by atoms with Crippen LogP contribution in [0.3, 0.4) is 0 Å². The van der Waals surface area contributed by atoms with Crippen LogP contribution in [0.1, 0.15) is 10.4 Å². The molecule has 0 saturated heterocycles. The highest BCUT2D eigenvalue weighted by Crippen LogP contribution is 2.24. The smallest absolute Gasteiger partial charge is 0.280 e. The normalized spacial score (nSPS) is 16.7. The number of carbonyl (C=O) groups excluding carboxylic acids is 3. The number of carbonyl (C=O) groups is 3. The van der Waals surface area contributed by atoms with E-state index in [1.165, 1.54) is 12.1 Å². The first kappa shape index (κ1) is 20.8. The fourth-order valence-corrected chi connectivity index (χ4v) is 2.90. The zero-order valence-corrected chi connectivity index (χ0v) is 15.5. The predicted octanol–water partition coefficient (Wildman–Crippen LogP) is -1.44. The molecular weight excluding hydrogens is 420 g/mol. The van der Waals surface area contributed by atoms with Gasteiger partial charge in [-0.25, -0.2) is 8.42 Å². The first-order valence-electron chi connectivity index (χ1n) is 8.00. The van der Waals surface area contributed by atoms with E-state index in [9.17, 15) is 37.6 Å². The molecule has 0 radical (unpaired) electrons. The second kappa shape index (κ2) is 7.81. The molecule has 0 fully saturated rings. The molecular formula is C17H9N4O8S-3. The van der Waals surface area contributed by atoms with Crippen molar-refractivity contribution in [1.82, 2.24) is 0 Å². The lowest BCUT2D eigenvalue weighted by Gasteiger charge is -2.13. The SMILES string of the molecule is O=C([O-])C1=NN(c2ccc(C(=O)[O-])cc2)C(=O)C1N=Nc1ccc(S(=O)(=O)[O-])cc1. The van der Waals surface area contributed by atoms with Crippen LogP contribution < -0.4 is 15.2 Å². The van der Waals surface area contributed by atoms with Gasteiger partial charge in [-0.05, 0) is 42.0 Å². The molecule has 12 nitrogen and oxygen atoms in total. The third kappa shape index (κ3) is 4.21.